The Morgan fingerprint density at radius 3 is 2.67 bits per heavy atom. The van der Waals surface area contributed by atoms with Crippen molar-refractivity contribution in [3.8, 4) is 11.5 Å². The van der Waals surface area contributed by atoms with E-state index in [0.29, 0.717) is 29.0 Å². The minimum atomic E-state index is -0.584. The molecule has 0 bridgehead atoms. The van der Waals surface area contributed by atoms with E-state index in [1.54, 1.807) is 30.3 Å². The SMILES string of the molecule is CCOc1ccc(C(=O)NNC(=O)Cn2cnc3ccc(Br)cc3c2=O)cc1OC. The van der Waals surface area contributed by atoms with Gasteiger partial charge in [0.05, 0.1) is 30.9 Å². The predicted molar refractivity (Wildman–Crippen MR) is 113 cm³/mol. The number of fused-ring (bicyclic) bond motifs is 1. The van der Waals surface area contributed by atoms with Gasteiger partial charge in [-0.3, -0.25) is 29.8 Å². The lowest BCUT2D eigenvalue weighted by atomic mass is 10.2. The molecular weight excluding hydrogens is 456 g/mol. The van der Waals surface area contributed by atoms with Crippen LogP contribution >= 0.6 is 15.9 Å². The van der Waals surface area contributed by atoms with Gasteiger partial charge in [0.25, 0.3) is 17.4 Å². The van der Waals surface area contributed by atoms with Crippen molar-refractivity contribution in [3.05, 3.63) is 63.1 Å². The molecule has 0 atom stereocenters. The van der Waals surface area contributed by atoms with Gasteiger partial charge in [-0.05, 0) is 43.3 Å². The first-order valence-corrected chi connectivity index (χ1v) is 9.77. The Balaban J connectivity index is 1.66. The van der Waals surface area contributed by atoms with Crippen LogP contribution in [0.2, 0.25) is 0 Å². The molecule has 9 nitrogen and oxygen atoms in total. The van der Waals surface area contributed by atoms with E-state index in [-0.39, 0.29) is 17.7 Å². The Hall–Kier alpha value is -3.40. The van der Waals surface area contributed by atoms with Gasteiger partial charge < -0.3 is 9.47 Å². The Labute approximate surface area is 180 Å². The third kappa shape index (κ3) is 4.77. The topological polar surface area (TPSA) is 112 Å². The summed E-state index contributed by atoms with van der Waals surface area (Å²) in [5, 5.41) is 0.380. The number of carbonyl (C=O) groups excluding carboxylic acids is 2. The monoisotopic (exact) mass is 474 g/mol. The van der Waals surface area contributed by atoms with Crippen LogP contribution in [0.4, 0.5) is 0 Å². The van der Waals surface area contributed by atoms with Crippen molar-refractivity contribution >= 4 is 38.6 Å². The average molecular weight is 475 g/mol. The largest absolute Gasteiger partial charge is 0.493 e. The molecule has 3 rings (SSSR count). The maximum Gasteiger partial charge on any atom is 0.269 e. The molecule has 156 valence electrons. The molecule has 0 fully saturated rings. The first-order valence-electron chi connectivity index (χ1n) is 8.97. The highest BCUT2D eigenvalue weighted by molar-refractivity contribution is 9.10. The van der Waals surface area contributed by atoms with Crippen molar-refractivity contribution in [1.82, 2.24) is 20.4 Å². The summed E-state index contributed by atoms with van der Waals surface area (Å²) >= 11 is 3.31. The molecule has 2 amide bonds. The molecule has 0 aliphatic carbocycles. The highest BCUT2D eigenvalue weighted by Gasteiger charge is 2.13. The van der Waals surface area contributed by atoms with Crippen molar-refractivity contribution in [2.24, 2.45) is 0 Å². The second-order valence-corrected chi connectivity index (χ2v) is 7.06. The van der Waals surface area contributed by atoms with Crippen LogP contribution in [-0.4, -0.2) is 35.1 Å². The fourth-order valence-electron chi connectivity index (χ4n) is 2.72. The van der Waals surface area contributed by atoms with Gasteiger partial charge in [0, 0.05) is 10.0 Å². The van der Waals surface area contributed by atoms with Gasteiger partial charge in [-0.25, -0.2) is 4.98 Å². The zero-order valence-corrected chi connectivity index (χ0v) is 17.9. The first kappa shape index (κ1) is 21.3. The molecule has 0 radical (unpaired) electrons. The molecule has 0 aliphatic heterocycles. The minimum Gasteiger partial charge on any atom is -0.493 e. The second-order valence-electron chi connectivity index (χ2n) is 6.14. The highest BCUT2D eigenvalue weighted by atomic mass is 79.9. The van der Waals surface area contributed by atoms with Gasteiger partial charge in [-0.1, -0.05) is 15.9 Å². The third-order valence-electron chi connectivity index (χ3n) is 4.14. The van der Waals surface area contributed by atoms with Crippen LogP contribution in [0.25, 0.3) is 10.9 Å². The first-order chi connectivity index (χ1) is 14.4. The molecule has 1 heterocycles. The summed E-state index contributed by atoms with van der Waals surface area (Å²) in [5.41, 5.74) is 5.03. The molecule has 3 aromatic rings. The second kappa shape index (κ2) is 9.40. The van der Waals surface area contributed by atoms with Crippen LogP contribution in [0.15, 0.2) is 52.0 Å². The normalized spacial score (nSPS) is 10.5. The van der Waals surface area contributed by atoms with E-state index in [9.17, 15) is 14.4 Å². The van der Waals surface area contributed by atoms with E-state index in [0.717, 1.165) is 9.04 Å². The van der Waals surface area contributed by atoms with Gasteiger partial charge in [-0.15, -0.1) is 0 Å². The lowest BCUT2D eigenvalue weighted by Gasteiger charge is -2.12. The zero-order valence-electron chi connectivity index (χ0n) is 16.3. The van der Waals surface area contributed by atoms with Crippen LogP contribution < -0.4 is 25.9 Å². The van der Waals surface area contributed by atoms with Crippen molar-refractivity contribution in [1.29, 1.82) is 0 Å². The number of benzene rings is 2. The van der Waals surface area contributed by atoms with Crippen molar-refractivity contribution in [2.75, 3.05) is 13.7 Å². The molecule has 2 N–H and O–H groups in total. The number of amides is 2. The minimum absolute atomic E-state index is 0.269. The number of methoxy groups -OCH3 is 1. The number of ether oxygens (including phenoxy) is 2. The van der Waals surface area contributed by atoms with Crippen LogP contribution in [0, 0.1) is 0 Å². The van der Waals surface area contributed by atoms with Gasteiger partial charge >= 0.3 is 0 Å². The van der Waals surface area contributed by atoms with E-state index in [1.165, 1.54) is 19.5 Å². The maximum atomic E-state index is 12.5. The Morgan fingerprint density at radius 1 is 1.13 bits per heavy atom. The van der Waals surface area contributed by atoms with E-state index < -0.39 is 11.8 Å². The van der Waals surface area contributed by atoms with Crippen molar-refractivity contribution in [3.63, 3.8) is 0 Å². The van der Waals surface area contributed by atoms with Crippen LogP contribution in [-0.2, 0) is 11.3 Å². The quantitative estimate of drug-likeness (QED) is 0.528. The number of hydrogen-bond donors (Lipinski definition) is 2. The fraction of sp³-hybridized carbons (Fsp3) is 0.200. The van der Waals surface area contributed by atoms with E-state index in [4.69, 9.17) is 9.47 Å². The lowest BCUT2D eigenvalue weighted by Crippen LogP contribution is -2.44. The molecule has 10 heteroatoms. The molecule has 1 aromatic heterocycles. The molecule has 0 unspecified atom stereocenters. The van der Waals surface area contributed by atoms with Gasteiger partial charge in [0.15, 0.2) is 11.5 Å². The van der Waals surface area contributed by atoms with Gasteiger partial charge in [0.2, 0.25) is 0 Å². The summed E-state index contributed by atoms with van der Waals surface area (Å²) < 4.78 is 12.5. The summed E-state index contributed by atoms with van der Waals surface area (Å²) in [6.45, 7) is 1.99. The molecular formula is C20H19BrN4O5. The number of hydrogen-bond acceptors (Lipinski definition) is 6. The number of nitrogens with zero attached hydrogens (tertiary/aromatic N) is 2. The fourth-order valence-corrected chi connectivity index (χ4v) is 3.08. The van der Waals surface area contributed by atoms with Crippen molar-refractivity contribution in [2.45, 2.75) is 13.5 Å². The summed E-state index contributed by atoms with van der Waals surface area (Å²) in [4.78, 5) is 41.2. The van der Waals surface area contributed by atoms with Crippen LogP contribution in [0.1, 0.15) is 17.3 Å². The molecule has 0 spiro atoms. The molecule has 0 saturated heterocycles. The standard InChI is InChI=1S/C20H19BrN4O5/c1-3-30-16-7-4-12(8-17(16)29-2)19(27)24-23-18(26)10-25-11-22-15-6-5-13(21)9-14(15)20(25)28/h4-9,11H,3,10H2,1-2H3,(H,23,26)(H,24,27). The van der Waals surface area contributed by atoms with E-state index in [1.807, 2.05) is 6.92 Å². The van der Waals surface area contributed by atoms with Crippen molar-refractivity contribution < 1.29 is 19.1 Å². The Morgan fingerprint density at radius 2 is 1.93 bits per heavy atom. The van der Waals surface area contributed by atoms with E-state index in [2.05, 4.69) is 31.8 Å². The summed E-state index contributed by atoms with van der Waals surface area (Å²) in [6, 6.07) is 9.78. The molecule has 0 aliphatic rings. The number of nitrogens with one attached hydrogen (secondary N) is 2. The number of hydrazine groups is 1. The Bertz CT molecular complexity index is 1160. The highest BCUT2D eigenvalue weighted by Crippen LogP contribution is 2.27. The number of rotatable bonds is 6. The third-order valence-corrected chi connectivity index (χ3v) is 4.63. The van der Waals surface area contributed by atoms with Crippen LogP contribution in [0.5, 0.6) is 11.5 Å². The maximum absolute atomic E-state index is 12.5. The average Bonchev–Trinajstić information content (AvgIpc) is 2.75. The molecule has 0 saturated carbocycles. The van der Waals surface area contributed by atoms with Gasteiger partial charge in [-0.2, -0.15) is 0 Å². The zero-order chi connectivity index (χ0) is 21.7. The molecule has 30 heavy (non-hydrogen) atoms. The number of halogens is 1. The van der Waals surface area contributed by atoms with E-state index >= 15 is 0 Å². The summed E-state index contributed by atoms with van der Waals surface area (Å²) in [7, 11) is 1.47. The smallest absolute Gasteiger partial charge is 0.269 e. The Kier molecular flexibility index (Phi) is 6.68. The van der Waals surface area contributed by atoms with Gasteiger partial charge in [0.1, 0.15) is 6.54 Å². The molecule has 2 aromatic carbocycles. The summed E-state index contributed by atoms with van der Waals surface area (Å²) in [6.07, 6.45) is 1.29. The lowest BCUT2D eigenvalue weighted by molar-refractivity contribution is -0.122. The summed E-state index contributed by atoms with van der Waals surface area (Å²) in [5.74, 6) is -0.219. The number of carbonyl (C=O) groups is 2. The van der Waals surface area contributed by atoms with Crippen LogP contribution in [0.3, 0.4) is 0 Å². The number of aromatic nitrogens is 2. The predicted octanol–water partition coefficient (Wildman–Crippen LogP) is 2.03.